The maximum Gasteiger partial charge on any atom is 0.328 e. The molecule has 0 unspecified atom stereocenters. The van der Waals surface area contributed by atoms with E-state index in [0.29, 0.717) is 11.3 Å². The molecule has 6 heteroatoms. The van der Waals surface area contributed by atoms with Crippen LogP contribution in [0.1, 0.15) is 5.56 Å². The van der Waals surface area contributed by atoms with E-state index in [9.17, 15) is 14.4 Å². The molecule has 1 aliphatic rings. The summed E-state index contributed by atoms with van der Waals surface area (Å²) >= 11 is 0. The zero-order valence-electron chi connectivity index (χ0n) is 9.52. The van der Waals surface area contributed by atoms with Gasteiger partial charge in [0.15, 0.2) is 0 Å². The van der Waals surface area contributed by atoms with Crippen LogP contribution in [0.5, 0.6) is 5.75 Å². The van der Waals surface area contributed by atoms with Crippen LogP contribution in [-0.2, 0) is 9.59 Å². The Morgan fingerprint density at radius 3 is 2.39 bits per heavy atom. The Balaban J connectivity index is 2.34. The monoisotopic (exact) mass is 246 g/mol. The molecule has 2 rings (SSSR count). The smallest absolute Gasteiger partial charge is 0.328 e. The summed E-state index contributed by atoms with van der Waals surface area (Å²) in [6, 6.07) is 6.05. The molecule has 1 aromatic carbocycles. The molecule has 0 atom stereocenters. The molecule has 1 aromatic rings. The van der Waals surface area contributed by atoms with Crippen molar-refractivity contribution in [3.63, 3.8) is 0 Å². The third kappa shape index (κ3) is 2.37. The van der Waals surface area contributed by atoms with Crippen LogP contribution in [0.3, 0.4) is 0 Å². The molecule has 0 aliphatic carbocycles. The van der Waals surface area contributed by atoms with E-state index in [1.165, 1.54) is 13.2 Å². The fourth-order valence-electron chi connectivity index (χ4n) is 1.50. The average molecular weight is 246 g/mol. The molecule has 1 aliphatic heterocycles. The van der Waals surface area contributed by atoms with Gasteiger partial charge >= 0.3 is 6.03 Å². The molecule has 0 radical (unpaired) electrons. The fraction of sp³-hybridized carbons (Fsp3) is 0.0833. The lowest BCUT2D eigenvalue weighted by molar-refractivity contribution is -0.123. The highest BCUT2D eigenvalue weighted by atomic mass is 16.5. The van der Waals surface area contributed by atoms with E-state index in [4.69, 9.17) is 4.74 Å². The third-order valence-corrected chi connectivity index (χ3v) is 2.35. The van der Waals surface area contributed by atoms with Gasteiger partial charge in [-0.3, -0.25) is 20.2 Å². The maximum absolute atomic E-state index is 11.5. The van der Waals surface area contributed by atoms with E-state index in [1.807, 2.05) is 10.6 Å². The Kier molecular flexibility index (Phi) is 3.09. The van der Waals surface area contributed by atoms with Crippen molar-refractivity contribution < 1.29 is 19.1 Å². The molecule has 0 spiro atoms. The minimum atomic E-state index is -0.812. The average Bonchev–Trinajstić information content (AvgIpc) is 2.34. The predicted molar refractivity (Wildman–Crippen MR) is 62.7 cm³/mol. The lowest BCUT2D eigenvalue weighted by Crippen LogP contribution is -2.51. The highest BCUT2D eigenvalue weighted by Gasteiger charge is 2.27. The molecule has 0 bridgehead atoms. The van der Waals surface area contributed by atoms with Crippen LogP contribution in [0.25, 0.3) is 6.08 Å². The normalized spacial score (nSPS) is 14.9. The van der Waals surface area contributed by atoms with Gasteiger partial charge in [-0.15, -0.1) is 0 Å². The number of ether oxygens (including phenoxy) is 1. The number of hydrogen-bond acceptors (Lipinski definition) is 4. The number of carbonyl (C=O) groups is 3. The molecule has 6 nitrogen and oxygen atoms in total. The lowest BCUT2D eigenvalue weighted by Gasteiger charge is -2.13. The van der Waals surface area contributed by atoms with E-state index >= 15 is 0 Å². The second kappa shape index (κ2) is 4.70. The van der Waals surface area contributed by atoms with Gasteiger partial charge in [0.1, 0.15) is 11.3 Å². The maximum atomic E-state index is 11.5. The summed E-state index contributed by atoms with van der Waals surface area (Å²) in [5.74, 6) is -0.824. The fourth-order valence-corrected chi connectivity index (χ4v) is 1.50. The van der Waals surface area contributed by atoms with Gasteiger partial charge in [0.05, 0.1) is 7.11 Å². The van der Waals surface area contributed by atoms with Crippen LogP contribution >= 0.6 is 0 Å². The number of benzene rings is 1. The van der Waals surface area contributed by atoms with Crippen LogP contribution in [0.15, 0.2) is 29.8 Å². The largest absolute Gasteiger partial charge is 0.497 e. The van der Waals surface area contributed by atoms with Crippen molar-refractivity contribution >= 4 is 23.9 Å². The molecule has 1 fully saturated rings. The van der Waals surface area contributed by atoms with Gasteiger partial charge in [0.2, 0.25) is 0 Å². The predicted octanol–water partition coefficient (Wildman–Crippen LogP) is 0.445. The van der Waals surface area contributed by atoms with Crippen LogP contribution in [0.4, 0.5) is 4.79 Å². The molecule has 0 aromatic heterocycles. The van der Waals surface area contributed by atoms with Gasteiger partial charge in [-0.25, -0.2) is 4.79 Å². The molecule has 2 N–H and O–H groups in total. The second-order valence-electron chi connectivity index (χ2n) is 3.57. The van der Waals surface area contributed by atoms with Crippen molar-refractivity contribution in [3.8, 4) is 5.75 Å². The van der Waals surface area contributed by atoms with E-state index in [1.54, 1.807) is 24.3 Å². The Labute approximate surface area is 103 Å². The summed E-state index contributed by atoms with van der Waals surface area (Å²) in [5, 5.41) is 4.00. The molecule has 18 heavy (non-hydrogen) atoms. The Morgan fingerprint density at radius 1 is 1.11 bits per heavy atom. The number of carbonyl (C=O) groups excluding carboxylic acids is 3. The number of urea groups is 1. The van der Waals surface area contributed by atoms with Crippen LogP contribution < -0.4 is 15.4 Å². The van der Waals surface area contributed by atoms with Crippen molar-refractivity contribution in [2.75, 3.05) is 7.11 Å². The first kappa shape index (κ1) is 11.8. The first-order valence-electron chi connectivity index (χ1n) is 5.12. The third-order valence-electron chi connectivity index (χ3n) is 2.35. The topological polar surface area (TPSA) is 84.5 Å². The lowest BCUT2D eigenvalue weighted by atomic mass is 10.1. The van der Waals surface area contributed by atoms with Crippen molar-refractivity contribution in [1.29, 1.82) is 0 Å². The van der Waals surface area contributed by atoms with Crippen LogP contribution in [0, 0.1) is 0 Å². The number of barbiturate groups is 1. The first-order chi connectivity index (χ1) is 8.60. The van der Waals surface area contributed by atoms with Gasteiger partial charge in [-0.05, 0) is 23.8 Å². The molecular formula is C12H10N2O4. The molecule has 4 amide bonds. The summed E-state index contributed by atoms with van der Waals surface area (Å²) in [6.07, 6.45) is 1.39. The molecule has 0 saturated carbocycles. The Bertz CT molecular complexity index is 541. The number of hydrogen-bond donors (Lipinski definition) is 2. The van der Waals surface area contributed by atoms with Crippen molar-refractivity contribution in [2.45, 2.75) is 0 Å². The first-order valence-corrected chi connectivity index (χ1v) is 5.12. The van der Waals surface area contributed by atoms with Gasteiger partial charge < -0.3 is 4.74 Å². The molecule has 1 heterocycles. The minimum absolute atomic E-state index is 0.122. The van der Waals surface area contributed by atoms with Crippen LogP contribution in [0.2, 0.25) is 0 Å². The molecule has 1 saturated heterocycles. The van der Waals surface area contributed by atoms with E-state index in [2.05, 4.69) is 0 Å². The van der Waals surface area contributed by atoms with Gasteiger partial charge in [-0.1, -0.05) is 12.1 Å². The highest BCUT2D eigenvalue weighted by Crippen LogP contribution is 2.16. The SMILES string of the molecule is COc1cccc(C=C2C(=O)NC(=O)NC2=O)c1. The molecule has 92 valence electrons. The second-order valence-corrected chi connectivity index (χ2v) is 3.57. The Morgan fingerprint density at radius 2 is 1.78 bits per heavy atom. The van der Waals surface area contributed by atoms with E-state index < -0.39 is 17.8 Å². The summed E-state index contributed by atoms with van der Waals surface area (Å²) in [6.45, 7) is 0. The highest BCUT2D eigenvalue weighted by molar-refractivity contribution is 6.31. The minimum Gasteiger partial charge on any atom is -0.497 e. The number of imide groups is 2. The van der Waals surface area contributed by atoms with E-state index in [0.717, 1.165) is 0 Å². The summed E-state index contributed by atoms with van der Waals surface area (Å²) < 4.78 is 5.03. The van der Waals surface area contributed by atoms with Crippen molar-refractivity contribution in [2.24, 2.45) is 0 Å². The quantitative estimate of drug-likeness (QED) is 0.586. The summed E-state index contributed by atoms with van der Waals surface area (Å²) in [4.78, 5) is 33.8. The van der Waals surface area contributed by atoms with Crippen molar-refractivity contribution in [3.05, 3.63) is 35.4 Å². The van der Waals surface area contributed by atoms with Gasteiger partial charge in [0, 0.05) is 0 Å². The zero-order chi connectivity index (χ0) is 13.1. The summed E-state index contributed by atoms with van der Waals surface area (Å²) in [7, 11) is 1.52. The zero-order valence-corrected chi connectivity index (χ0v) is 9.52. The number of rotatable bonds is 2. The van der Waals surface area contributed by atoms with Gasteiger partial charge in [-0.2, -0.15) is 0 Å². The number of nitrogens with one attached hydrogen (secondary N) is 2. The number of amides is 4. The van der Waals surface area contributed by atoms with Crippen molar-refractivity contribution in [1.82, 2.24) is 10.6 Å². The summed E-state index contributed by atoms with van der Waals surface area (Å²) in [5.41, 5.74) is 0.506. The molecular weight excluding hydrogens is 236 g/mol. The van der Waals surface area contributed by atoms with E-state index in [-0.39, 0.29) is 5.57 Å². The van der Waals surface area contributed by atoms with Gasteiger partial charge in [0.25, 0.3) is 11.8 Å². The number of methoxy groups -OCH3 is 1. The Hall–Kier alpha value is -2.63. The standard InChI is InChI=1S/C12H10N2O4/c1-18-8-4-2-3-7(5-8)6-9-10(15)13-12(17)14-11(9)16/h2-6H,1H3,(H2,13,14,15,16,17). The van der Waals surface area contributed by atoms with Crippen LogP contribution in [-0.4, -0.2) is 25.0 Å².